The van der Waals surface area contributed by atoms with E-state index in [-0.39, 0.29) is 12.5 Å². The zero-order valence-corrected chi connectivity index (χ0v) is 16.0. The fourth-order valence-electron chi connectivity index (χ4n) is 2.91. The van der Waals surface area contributed by atoms with Crippen molar-refractivity contribution in [2.45, 2.75) is 26.3 Å². The zero-order valence-electron chi connectivity index (χ0n) is 16.0. The van der Waals surface area contributed by atoms with Crippen LogP contribution in [0.2, 0.25) is 0 Å². The fraction of sp³-hybridized carbons (Fsp3) is 0.227. The second kappa shape index (κ2) is 8.87. The van der Waals surface area contributed by atoms with Crippen LogP contribution in [0.1, 0.15) is 36.6 Å². The van der Waals surface area contributed by atoms with Crippen LogP contribution in [-0.2, 0) is 11.3 Å². The van der Waals surface area contributed by atoms with Crippen molar-refractivity contribution in [2.75, 3.05) is 16.8 Å². The summed E-state index contributed by atoms with van der Waals surface area (Å²) in [5.41, 5.74) is 4.16. The first-order chi connectivity index (χ1) is 13.5. The number of aromatic amines is 1. The first kappa shape index (κ1) is 19.2. The number of nitriles is 1. The summed E-state index contributed by atoms with van der Waals surface area (Å²) in [6.45, 7) is 4.87. The molecule has 142 valence electrons. The predicted octanol–water partition coefficient (Wildman–Crippen LogP) is 4.05. The number of carbonyl (C=O) groups excluding carboxylic acids is 1. The maximum atomic E-state index is 12.7. The molecule has 2 aromatic carbocycles. The number of amides is 1. The van der Waals surface area contributed by atoms with Crippen molar-refractivity contribution < 1.29 is 4.79 Å². The Morgan fingerprint density at radius 1 is 1.25 bits per heavy atom. The maximum Gasteiger partial charge on any atom is 0.243 e. The molecule has 0 unspecified atom stereocenters. The van der Waals surface area contributed by atoms with Gasteiger partial charge in [0.1, 0.15) is 0 Å². The first-order valence-electron chi connectivity index (χ1n) is 9.17. The summed E-state index contributed by atoms with van der Waals surface area (Å²) < 4.78 is 0. The van der Waals surface area contributed by atoms with Crippen LogP contribution in [0.3, 0.4) is 0 Å². The highest BCUT2D eigenvalue weighted by Gasteiger charge is 2.14. The van der Waals surface area contributed by atoms with Crippen molar-refractivity contribution in [1.29, 1.82) is 5.26 Å². The number of hydrogen-bond donors (Lipinski definition) is 2. The molecule has 0 radical (unpaired) electrons. The van der Waals surface area contributed by atoms with Crippen LogP contribution in [0.4, 0.5) is 11.4 Å². The van der Waals surface area contributed by atoms with Crippen LogP contribution in [0.15, 0.2) is 61.1 Å². The molecule has 6 heteroatoms. The quantitative estimate of drug-likeness (QED) is 0.654. The summed E-state index contributed by atoms with van der Waals surface area (Å²) in [6.07, 6.45) is 3.40. The van der Waals surface area contributed by atoms with Crippen molar-refractivity contribution in [3.05, 3.63) is 77.9 Å². The van der Waals surface area contributed by atoms with Crippen LogP contribution >= 0.6 is 0 Å². The molecule has 1 heterocycles. The van der Waals surface area contributed by atoms with Gasteiger partial charge in [0.15, 0.2) is 0 Å². The van der Waals surface area contributed by atoms with Gasteiger partial charge in [-0.3, -0.25) is 4.79 Å². The number of anilines is 2. The number of rotatable bonds is 7. The molecule has 0 atom stereocenters. The Kier molecular flexibility index (Phi) is 6.07. The van der Waals surface area contributed by atoms with Crippen LogP contribution < -0.4 is 10.2 Å². The van der Waals surface area contributed by atoms with E-state index in [1.165, 1.54) is 5.56 Å². The molecular formula is C22H23N5O. The SMILES string of the molecule is CC(C)c1ccc(NC(=O)CN(Cc2c[nH]cn2)c2cccc(C#N)c2)cc1. The molecule has 2 N–H and O–H groups in total. The van der Waals surface area contributed by atoms with E-state index in [1.807, 2.05) is 41.3 Å². The minimum absolute atomic E-state index is 0.129. The molecule has 6 nitrogen and oxygen atoms in total. The number of imidazole rings is 1. The van der Waals surface area contributed by atoms with E-state index < -0.39 is 0 Å². The Labute approximate surface area is 164 Å². The Morgan fingerprint density at radius 3 is 2.68 bits per heavy atom. The molecule has 0 aliphatic heterocycles. The van der Waals surface area contributed by atoms with E-state index in [1.54, 1.807) is 24.7 Å². The number of carbonyl (C=O) groups is 1. The summed E-state index contributed by atoms with van der Waals surface area (Å²) in [5, 5.41) is 12.1. The van der Waals surface area contributed by atoms with Gasteiger partial charge in [0.2, 0.25) is 5.91 Å². The fourth-order valence-corrected chi connectivity index (χ4v) is 2.91. The third-order valence-corrected chi connectivity index (χ3v) is 4.44. The third-order valence-electron chi connectivity index (χ3n) is 4.44. The van der Waals surface area contributed by atoms with Crippen LogP contribution in [0, 0.1) is 11.3 Å². The molecule has 0 saturated carbocycles. The van der Waals surface area contributed by atoms with Gasteiger partial charge in [-0.25, -0.2) is 4.98 Å². The Balaban J connectivity index is 1.74. The van der Waals surface area contributed by atoms with Crippen molar-refractivity contribution in [1.82, 2.24) is 9.97 Å². The molecule has 0 aliphatic carbocycles. The van der Waals surface area contributed by atoms with Gasteiger partial charge < -0.3 is 15.2 Å². The van der Waals surface area contributed by atoms with Gasteiger partial charge in [-0.05, 0) is 41.8 Å². The molecule has 0 fully saturated rings. The van der Waals surface area contributed by atoms with Gasteiger partial charge in [-0.2, -0.15) is 5.26 Å². The lowest BCUT2D eigenvalue weighted by Gasteiger charge is -2.23. The topological polar surface area (TPSA) is 84.8 Å². The van der Waals surface area contributed by atoms with Gasteiger partial charge in [-0.15, -0.1) is 0 Å². The van der Waals surface area contributed by atoms with Crippen LogP contribution in [-0.4, -0.2) is 22.4 Å². The second-order valence-corrected chi connectivity index (χ2v) is 6.90. The number of hydrogen-bond acceptors (Lipinski definition) is 4. The standard InChI is InChI=1S/C22H23N5O/c1-16(2)18-6-8-19(9-7-18)26-22(28)14-27(13-20-12-24-15-25-20)21-5-3-4-17(10-21)11-23/h3-10,12,15-16H,13-14H2,1-2H3,(H,24,25)(H,26,28). The molecule has 0 spiro atoms. The summed E-state index contributed by atoms with van der Waals surface area (Å²) in [6, 6.07) is 17.2. The van der Waals surface area contributed by atoms with E-state index in [2.05, 4.69) is 35.2 Å². The molecule has 1 amide bonds. The van der Waals surface area contributed by atoms with Crippen LogP contribution in [0.25, 0.3) is 0 Å². The summed E-state index contributed by atoms with van der Waals surface area (Å²) >= 11 is 0. The highest BCUT2D eigenvalue weighted by Crippen LogP contribution is 2.20. The summed E-state index contributed by atoms with van der Waals surface area (Å²) in [7, 11) is 0. The van der Waals surface area contributed by atoms with Gasteiger partial charge in [0.25, 0.3) is 0 Å². The van der Waals surface area contributed by atoms with Gasteiger partial charge >= 0.3 is 0 Å². The number of nitrogens with one attached hydrogen (secondary N) is 2. The summed E-state index contributed by atoms with van der Waals surface area (Å²) in [4.78, 5) is 21.7. The largest absolute Gasteiger partial charge is 0.356 e. The molecule has 0 aliphatic rings. The third kappa shape index (κ3) is 4.98. The molecule has 1 aromatic heterocycles. The smallest absolute Gasteiger partial charge is 0.243 e. The molecule has 3 rings (SSSR count). The first-order valence-corrected chi connectivity index (χ1v) is 9.17. The Hall–Kier alpha value is -3.59. The van der Waals surface area contributed by atoms with Gasteiger partial charge in [0.05, 0.1) is 36.7 Å². The molecule has 0 bridgehead atoms. The molecular weight excluding hydrogens is 350 g/mol. The normalized spacial score (nSPS) is 10.5. The average molecular weight is 373 g/mol. The van der Waals surface area contributed by atoms with E-state index in [0.717, 1.165) is 17.1 Å². The minimum atomic E-state index is -0.129. The zero-order chi connectivity index (χ0) is 19.9. The van der Waals surface area contributed by atoms with Crippen molar-refractivity contribution >= 4 is 17.3 Å². The van der Waals surface area contributed by atoms with Crippen LogP contribution in [0.5, 0.6) is 0 Å². The lowest BCUT2D eigenvalue weighted by molar-refractivity contribution is -0.115. The number of benzene rings is 2. The number of aromatic nitrogens is 2. The lowest BCUT2D eigenvalue weighted by atomic mass is 10.0. The van der Waals surface area contributed by atoms with Gasteiger partial charge in [0, 0.05) is 17.6 Å². The highest BCUT2D eigenvalue weighted by atomic mass is 16.2. The average Bonchev–Trinajstić information content (AvgIpc) is 3.21. The maximum absolute atomic E-state index is 12.7. The lowest BCUT2D eigenvalue weighted by Crippen LogP contribution is -2.33. The van der Waals surface area contributed by atoms with E-state index in [4.69, 9.17) is 0 Å². The Bertz CT molecular complexity index is 955. The number of H-pyrrole nitrogens is 1. The van der Waals surface area contributed by atoms with Crippen molar-refractivity contribution in [3.8, 4) is 6.07 Å². The molecule has 28 heavy (non-hydrogen) atoms. The predicted molar refractivity (Wildman–Crippen MR) is 110 cm³/mol. The van der Waals surface area contributed by atoms with E-state index in [0.29, 0.717) is 18.0 Å². The Morgan fingerprint density at radius 2 is 2.04 bits per heavy atom. The summed E-state index contributed by atoms with van der Waals surface area (Å²) in [5.74, 6) is 0.316. The van der Waals surface area contributed by atoms with E-state index in [9.17, 15) is 10.1 Å². The molecule has 3 aromatic rings. The van der Waals surface area contributed by atoms with Crippen molar-refractivity contribution in [3.63, 3.8) is 0 Å². The van der Waals surface area contributed by atoms with Gasteiger partial charge in [-0.1, -0.05) is 32.0 Å². The van der Waals surface area contributed by atoms with Crippen molar-refractivity contribution in [2.24, 2.45) is 0 Å². The van der Waals surface area contributed by atoms with E-state index >= 15 is 0 Å². The second-order valence-electron chi connectivity index (χ2n) is 6.90. The minimum Gasteiger partial charge on any atom is -0.356 e. The monoisotopic (exact) mass is 373 g/mol. The highest BCUT2D eigenvalue weighted by molar-refractivity contribution is 5.94. The molecule has 0 saturated heterocycles. The number of nitrogens with zero attached hydrogens (tertiary/aromatic N) is 3.